The molecule has 0 radical (unpaired) electrons. The summed E-state index contributed by atoms with van der Waals surface area (Å²) >= 11 is 12.3. The number of hydrogen-bond donors (Lipinski definition) is 2. The van der Waals surface area contributed by atoms with Gasteiger partial charge in [-0.15, -0.1) is 0 Å². The smallest absolute Gasteiger partial charge is 0.329 e. The van der Waals surface area contributed by atoms with Gasteiger partial charge in [0, 0.05) is 26.7 Å². The van der Waals surface area contributed by atoms with E-state index in [0.29, 0.717) is 28.2 Å². The van der Waals surface area contributed by atoms with E-state index in [1.807, 2.05) is 0 Å². The van der Waals surface area contributed by atoms with Crippen molar-refractivity contribution in [2.45, 2.75) is 19.4 Å². The predicted molar refractivity (Wildman–Crippen MR) is 129 cm³/mol. The zero-order valence-electron chi connectivity index (χ0n) is 18.2. The average Bonchev–Trinajstić information content (AvgIpc) is 3.14. The number of imidazole rings is 1. The first-order valence-electron chi connectivity index (χ1n) is 10.2. The lowest BCUT2D eigenvalue weighted by Gasteiger charge is -2.23. The maximum atomic E-state index is 12.5. The van der Waals surface area contributed by atoms with E-state index < -0.39 is 17.2 Å². The lowest BCUT2D eigenvalue weighted by Crippen LogP contribution is -2.29. The second-order valence-electron chi connectivity index (χ2n) is 7.71. The number of benzene rings is 1. The highest BCUT2D eigenvalue weighted by molar-refractivity contribution is 6.42. The monoisotopic (exact) mass is 502 g/mol. The third-order valence-electron chi connectivity index (χ3n) is 5.39. The molecule has 4 aromatic rings. The second kappa shape index (κ2) is 9.32. The molecule has 0 saturated heterocycles. The number of anilines is 2. The number of nitrogens with one attached hydrogen (secondary N) is 1. The molecular weight excluding hydrogens is 483 g/mol. The maximum absolute atomic E-state index is 12.5. The molecule has 12 heteroatoms. The van der Waals surface area contributed by atoms with Gasteiger partial charge in [-0.05, 0) is 41.8 Å². The van der Waals surface area contributed by atoms with Crippen LogP contribution in [0.4, 0.5) is 11.8 Å². The van der Waals surface area contributed by atoms with E-state index in [9.17, 15) is 14.4 Å². The van der Waals surface area contributed by atoms with E-state index >= 15 is 0 Å². The molecule has 2 N–H and O–H groups in total. The van der Waals surface area contributed by atoms with Gasteiger partial charge in [0.25, 0.3) is 5.56 Å². The first-order valence-corrected chi connectivity index (χ1v) is 10.9. The molecule has 0 bridgehead atoms. The lowest BCUT2D eigenvalue weighted by molar-refractivity contribution is -0.136. The number of carboxylic acids is 1. The van der Waals surface area contributed by atoms with Gasteiger partial charge in [0.2, 0.25) is 5.95 Å². The molecular formula is C22H20Cl2N6O4. The van der Waals surface area contributed by atoms with E-state index in [0.717, 1.165) is 11.1 Å². The van der Waals surface area contributed by atoms with Crippen molar-refractivity contribution in [1.82, 2.24) is 24.1 Å². The van der Waals surface area contributed by atoms with Gasteiger partial charge in [0.15, 0.2) is 11.2 Å². The fourth-order valence-electron chi connectivity index (χ4n) is 3.63. The van der Waals surface area contributed by atoms with Gasteiger partial charge < -0.3 is 9.67 Å². The van der Waals surface area contributed by atoms with Crippen molar-refractivity contribution in [2.75, 3.05) is 4.90 Å². The van der Waals surface area contributed by atoms with Gasteiger partial charge in [0.1, 0.15) is 5.82 Å². The second-order valence-corrected chi connectivity index (χ2v) is 8.53. The number of carboxylic acid groups (broad SMARTS) is 1. The number of halogens is 2. The Morgan fingerprint density at radius 3 is 2.56 bits per heavy atom. The van der Waals surface area contributed by atoms with Crippen LogP contribution >= 0.6 is 23.2 Å². The summed E-state index contributed by atoms with van der Waals surface area (Å²) in [7, 11) is 3.19. The fourth-order valence-corrected chi connectivity index (χ4v) is 3.95. The molecule has 3 heterocycles. The van der Waals surface area contributed by atoms with E-state index in [-0.39, 0.29) is 24.1 Å². The minimum Gasteiger partial charge on any atom is -0.481 e. The minimum absolute atomic E-state index is 0.0278. The molecule has 0 amide bonds. The van der Waals surface area contributed by atoms with Crippen LogP contribution in [0.1, 0.15) is 17.5 Å². The SMILES string of the molecule is Cn1c(N(Cc2ccc(Cl)c(Cl)c2)c2cc(CCC(=O)O)ccn2)nc2c1c(=O)[nH]c(=O)n2C. The maximum Gasteiger partial charge on any atom is 0.329 e. The number of H-pyrrole nitrogens is 1. The van der Waals surface area contributed by atoms with Crippen molar-refractivity contribution < 1.29 is 9.90 Å². The van der Waals surface area contributed by atoms with Crippen molar-refractivity contribution in [3.8, 4) is 0 Å². The Bertz CT molecular complexity index is 1520. The molecule has 34 heavy (non-hydrogen) atoms. The van der Waals surface area contributed by atoms with Crippen LogP contribution in [0.15, 0.2) is 46.1 Å². The Hall–Kier alpha value is -3.63. The summed E-state index contributed by atoms with van der Waals surface area (Å²) in [4.78, 5) is 48.8. The zero-order chi connectivity index (χ0) is 24.6. The number of aromatic nitrogens is 5. The molecule has 0 aliphatic rings. The summed E-state index contributed by atoms with van der Waals surface area (Å²) in [6.45, 7) is 0.259. The molecule has 0 aliphatic carbocycles. The lowest BCUT2D eigenvalue weighted by atomic mass is 10.1. The van der Waals surface area contributed by atoms with Gasteiger partial charge in [-0.3, -0.25) is 24.0 Å². The molecule has 10 nitrogen and oxygen atoms in total. The number of fused-ring (bicyclic) bond motifs is 1. The van der Waals surface area contributed by atoms with Crippen LogP contribution in [0.25, 0.3) is 11.2 Å². The predicted octanol–water partition coefficient (Wildman–Crippen LogP) is 3.02. The van der Waals surface area contributed by atoms with Crippen molar-refractivity contribution in [3.05, 3.63) is 78.5 Å². The van der Waals surface area contributed by atoms with Crippen LogP contribution in [0.2, 0.25) is 10.0 Å². The van der Waals surface area contributed by atoms with E-state index in [4.69, 9.17) is 28.3 Å². The van der Waals surface area contributed by atoms with Crippen molar-refractivity contribution in [3.63, 3.8) is 0 Å². The van der Waals surface area contributed by atoms with Crippen LogP contribution < -0.4 is 16.1 Å². The summed E-state index contributed by atoms with van der Waals surface area (Å²) in [6, 6.07) is 8.71. The highest BCUT2D eigenvalue weighted by Crippen LogP contribution is 2.30. The summed E-state index contributed by atoms with van der Waals surface area (Å²) in [5, 5.41) is 9.84. The number of aryl methyl sites for hydroxylation is 3. The Labute approximate surface area is 203 Å². The fraction of sp³-hybridized carbons (Fsp3) is 0.227. The molecule has 3 aromatic heterocycles. The van der Waals surface area contributed by atoms with Crippen LogP contribution in [0, 0.1) is 0 Å². The largest absolute Gasteiger partial charge is 0.481 e. The molecule has 0 aliphatic heterocycles. The summed E-state index contributed by atoms with van der Waals surface area (Å²) in [5.74, 6) is -0.0639. The highest BCUT2D eigenvalue weighted by Gasteiger charge is 2.22. The molecule has 4 rings (SSSR count). The number of carbonyl (C=O) groups is 1. The Morgan fingerprint density at radius 2 is 1.85 bits per heavy atom. The van der Waals surface area contributed by atoms with Gasteiger partial charge in [-0.25, -0.2) is 9.78 Å². The molecule has 176 valence electrons. The Balaban J connectivity index is 1.88. The van der Waals surface area contributed by atoms with Crippen molar-refractivity contribution in [1.29, 1.82) is 0 Å². The first kappa shape index (κ1) is 23.5. The van der Waals surface area contributed by atoms with Gasteiger partial charge in [-0.1, -0.05) is 29.3 Å². The molecule has 1 aromatic carbocycles. The summed E-state index contributed by atoms with van der Waals surface area (Å²) < 4.78 is 2.84. The third kappa shape index (κ3) is 4.55. The zero-order valence-corrected chi connectivity index (χ0v) is 19.8. The Morgan fingerprint density at radius 1 is 1.09 bits per heavy atom. The van der Waals surface area contributed by atoms with Crippen LogP contribution in [-0.4, -0.2) is 35.2 Å². The van der Waals surface area contributed by atoms with Crippen molar-refractivity contribution in [2.24, 2.45) is 14.1 Å². The third-order valence-corrected chi connectivity index (χ3v) is 6.13. The molecule has 0 atom stereocenters. The van der Waals surface area contributed by atoms with Crippen LogP contribution in [-0.2, 0) is 31.9 Å². The number of aliphatic carboxylic acids is 1. The number of aromatic amines is 1. The van der Waals surface area contributed by atoms with Gasteiger partial charge >= 0.3 is 11.7 Å². The number of hydrogen-bond acceptors (Lipinski definition) is 6. The summed E-state index contributed by atoms with van der Waals surface area (Å²) in [5.41, 5.74) is 0.868. The number of nitrogens with zero attached hydrogens (tertiary/aromatic N) is 5. The minimum atomic E-state index is -0.901. The van der Waals surface area contributed by atoms with Crippen LogP contribution in [0.5, 0.6) is 0 Å². The van der Waals surface area contributed by atoms with Crippen LogP contribution in [0.3, 0.4) is 0 Å². The number of pyridine rings is 1. The Kier molecular flexibility index (Phi) is 6.45. The number of rotatable bonds is 7. The van der Waals surface area contributed by atoms with E-state index in [1.165, 1.54) is 11.6 Å². The first-order chi connectivity index (χ1) is 16.2. The van der Waals surface area contributed by atoms with Gasteiger partial charge in [-0.2, -0.15) is 4.98 Å². The molecule has 0 fully saturated rings. The normalized spacial score (nSPS) is 11.2. The van der Waals surface area contributed by atoms with Gasteiger partial charge in [0.05, 0.1) is 16.6 Å². The quantitative estimate of drug-likeness (QED) is 0.397. The molecule has 0 unspecified atom stereocenters. The van der Waals surface area contributed by atoms with Crippen molar-refractivity contribution >= 4 is 52.1 Å². The van der Waals surface area contributed by atoms with E-state index in [2.05, 4.69) is 15.0 Å². The molecule has 0 saturated carbocycles. The highest BCUT2D eigenvalue weighted by atomic mass is 35.5. The summed E-state index contributed by atoms with van der Waals surface area (Å²) in [6.07, 6.45) is 1.88. The topological polar surface area (TPSA) is 126 Å². The molecule has 0 spiro atoms. The average molecular weight is 503 g/mol. The standard InChI is InChI=1S/C22H20Cl2N6O4/c1-28-18-19(29(2)22(34)27-20(18)33)26-21(28)30(11-13-3-5-14(23)15(24)9-13)16-10-12(7-8-25-16)4-6-17(31)32/h3,5,7-10H,4,6,11H2,1-2H3,(H,31,32)(H,27,33,34). The van der Waals surface area contributed by atoms with E-state index in [1.54, 1.807) is 53.0 Å².